The van der Waals surface area contributed by atoms with Crippen LogP contribution in [0.5, 0.6) is 0 Å². The third-order valence-electron chi connectivity index (χ3n) is 9.55. The first-order valence-corrected chi connectivity index (χ1v) is 19.1. The number of allylic oxidation sites excluding steroid dienone is 2. The lowest BCUT2D eigenvalue weighted by Crippen LogP contribution is -2.57. The predicted octanol–water partition coefficient (Wildman–Crippen LogP) is 4.88. The van der Waals surface area contributed by atoms with E-state index in [2.05, 4.69) is 65.2 Å². The molecule has 11 heteroatoms. The lowest BCUT2D eigenvalue weighted by molar-refractivity contribution is -0.143. The highest BCUT2D eigenvalue weighted by atomic mass is 28.4. The van der Waals surface area contributed by atoms with Crippen LogP contribution in [0.1, 0.15) is 81.1 Å². The number of esters is 1. The maximum atomic E-state index is 12.5. The van der Waals surface area contributed by atoms with Crippen molar-refractivity contribution < 1.29 is 37.8 Å². The van der Waals surface area contributed by atoms with Gasteiger partial charge in [-0.05, 0) is 63.7 Å². The fourth-order valence-corrected chi connectivity index (χ4v) is 7.10. The van der Waals surface area contributed by atoms with Crippen molar-refractivity contribution in [3.8, 4) is 0 Å². The molecule has 45 heavy (non-hydrogen) atoms. The Hall–Kier alpha value is -2.31. The largest absolute Gasteiger partial charge is 0.459 e. The number of carbonyl (C=O) groups excluding carboxylic acids is 3. The van der Waals surface area contributed by atoms with E-state index in [0.717, 1.165) is 18.4 Å². The van der Waals surface area contributed by atoms with Gasteiger partial charge in [-0.2, -0.15) is 0 Å². The number of carbonyl (C=O) groups is 3. The van der Waals surface area contributed by atoms with Gasteiger partial charge in [0.25, 0.3) is 0 Å². The topological polar surface area (TPSA) is 139 Å². The molecular formula is C34H56N2O8Si. The number of ether oxygens (including phenoxy) is 4. The number of hydrogen-bond acceptors (Lipinski definition) is 8. The Morgan fingerprint density at radius 2 is 1.80 bits per heavy atom. The summed E-state index contributed by atoms with van der Waals surface area (Å²) in [6.45, 7) is 20.9. The molecule has 1 unspecified atom stereocenters. The molecule has 3 aliphatic heterocycles. The Morgan fingerprint density at radius 1 is 1.13 bits per heavy atom. The first-order valence-electron chi connectivity index (χ1n) is 16.2. The zero-order valence-corrected chi connectivity index (χ0v) is 29.9. The third kappa shape index (κ3) is 10.6. The fraction of sp³-hybridized carbons (Fsp3) is 0.735. The maximum Gasteiger partial charge on any atom is 0.303 e. The average Bonchev–Trinajstić information content (AvgIpc) is 3.67. The van der Waals surface area contributed by atoms with E-state index in [1.807, 2.05) is 13.0 Å². The van der Waals surface area contributed by atoms with Crippen LogP contribution in [0.3, 0.4) is 0 Å². The minimum Gasteiger partial charge on any atom is -0.459 e. The number of primary amides is 1. The van der Waals surface area contributed by atoms with E-state index in [4.69, 9.17) is 29.1 Å². The SMILES string of the molecule is CC(=O)OC(C)C=CC(=O)N[C@@H]1C[C@H](C)[C@H](CC=C(C)C=C[C@H]2O[C@H](CC(N)=O)C[C@@]3(CO3)[C@@H]2O[Si](C)(C)C(C)(C)C)O[C@@H]1C. The number of amides is 2. The molecule has 9 atom stereocenters. The summed E-state index contributed by atoms with van der Waals surface area (Å²) < 4.78 is 30.7. The third-order valence-corrected chi connectivity index (χ3v) is 14.0. The highest BCUT2D eigenvalue weighted by molar-refractivity contribution is 6.74. The van der Waals surface area contributed by atoms with Crippen LogP contribution in [-0.4, -0.2) is 81.0 Å². The second kappa shape index (κ2) is 15.1. The summed E-state index contributed by atoms with van der Waals surface area (Å²) in [5, 5.41) is 3.05. The normalized spacial score (nSPS) is 33.4. The van der Waals surface area contributed by atoms with Crippen LogP contribution in [-0.2, 0) is 37.8 Å². The Labute approximate surface area is 270 Å². The molecule has 3 heterocycles. The molecule has 3 aliphatic rings. The number of epoxide rings is 1. The van der Waals surface area contributed by atoms with Crippen LogP contribution < -0.4 is 11.1 Å². The van der Waals surface area contributed by atoms with E-state index in [0.29, 0.717) is 13.0 Å². The van der Waals surface area contributed by atoms with Crippen molar-refractivity contribution >= 4 is 26.1 Å². The number of hydrogen-bond donors (Lipinski definition) is 2. The molecule has 3 fully saturated rings. The fourth-order valence-electron chi connectivity index (χ4n) is 5.76. The van der Waals surface area contributed by atoms with Crippen molar-refractivity contribution in [1.82, 2.24) is 5.32 Å². The molecule has 3 saturated heterocycles. The van der Waals surface area contributed by atoms with Gasteiger partial charge in [0.15, 0.2) is 8.32 Å². The quantitative estimate of drug-likeness (QED) is 0.100. The maximum absolute atomic E-state index is 12.5. The summed E-state index contributed by atoms with van der Waals surface area (Å²) >= 11 is 0. The summed E-state index contributed by atoms with van der Waals surface area (Å²) in [6.07, 6.45) is 9.92. The van der Waals surface area contributed by atoms with Gasteiger partial charge in [-0.15, -0.1) is 0 Å². The van der Waals surface area contributed by atoms with Gasteiger partial charge in [-0.3, -0.25) is 14.4 Å². The van der Waals surface area contributed by atoms with Crippen LogP contribution in [0.2, 0.25) is 18.1 Å². The first kappa shape index (κ1) is 37.1. The van der Waals surface area contributed by atoms with E-state index >= 15 is 0 Å². The number of nitrogens with one attached hydrogen (secondary N) is 1. The molecule has 0 aromatic heterocycles. The van der Waals surface area contributed by atoms with Crippen LogP contribution >= 0.6 is 0 Å². The molecule has 0 aliphatic carbocycles. The molecule has 2 amide bonds. The van der Waals surface area contributed by atoms with Crippen molar-refractivity contribution in [2.24, 2.45) is 11.7 Å². The zero-order valence-electron chi connectivity index (χ0n) is 28.9. The van der Waals surface area contributed by atoms with E-state index in [1.54, 1.807) is 13.0 Å². The molecule has 0 radical (unpaired) electrons. The van der Waals surface area contributed by atoms with Crippen molar-refractivity contribution in [2.75, 3.05) is 6.61 Å². The van der Waals surface area contributed by atoms with Gasteiger partial charge in [0.05, 0.1) is 37.4 Å². The molecule has 10 nitrogen and oxygen atoms in total. The average molecular weight is 649 g/mol. The molecule has 3 N–H and O–H groups in total. The van der Waals surface area contributed by atoms with E-state index in [9.17, 15) is 14.4 Å². The smallest absolute Gasteiger partial charge is 0.303 e. The Kier molecular flexibility index (Phi) is 12.4. The minimum absolute atomic E-state index is 0.0136. The van der Waals surface area contributed by atoms with E-state index in [1.165, 1.54) is 13.0 Å². The van der Waals surface area contributed by atoms with Gasteiger partial charge < -0.3 is 34.4 Å². The van der Waals surface area contributed by atoms with Gasteiger partial charge in [0, 0.05) is 19.4 Å². The molecule has 254 valence electrons. The first-order chi connectivity index (χ1) is 20.8. The lowest BCUT2D eigenvalue weighted by atomic mass is 9.87. The summed E-state index contributed by atoms with van der Waals surface area (Å²) in [4.78, 5) is 35.3. The summed E-state index contributed by atoms with van der Waals surface area (Å²) in [5.74, 6) is -0.785. The summed E-state index contributed by atoms with van der Waals surface area (Å²) in [6, 6.07) is -0.117. The van der Waals surface area contributed by atoms with Gasteiger partial charge in [-0.25, -0.2) is 0 Å². The summed E-state index contributed by atoms with van der Waals surface area (Å²) in [5.41, 5.74) is 6.15. The Bertz CT molecular complexity index is 1160. The van der Waals surface area contributed by atoms with Crippen LogP contribution in [0, 0.1) is 5.92 Å². The van der Waals surface area contributed by atoms with E-state index < -0.39 is 26.0 Å². The second-order valence-corrected chi connectivity index (χ2v) is 19.4. The van der Waals surface area contributed by atoms with Gasteiger partial charge in [-0.1, -0.05) is 51.5 Å². The van der Waals surface area contributed by atoms with Crippen molar-refractivity contribution in [3.05, 3.63) is 36.0 Å². The number of nitrogens with two attached hydrogens (primary N) is 1. The minimum atomic E-state index is -2.14. The molecule has 0 saturated carbocycles. The van der Waals surface area contributed by atoms with Crippen molar-refractivity contribution in [1.29, 1.82) is 0 Å². The standard InChI is InChI=1S/C34H56N2O8Si/c1-21(11-14-28-22(2)17-27(24(4)42-28)36-31(39)16-13-23(3)41-25(5)37)12-15-29-32(44-45(9,10)33(6,7)8)34(20-40-34)19-26(43-29)18-30(35)38/h11-13,15-16,22-24,26-29,32H,14,17-20H2,1-10H3,(H2,35,38)(H,36,39)/t22-,23?,24+,26+,27+,28-,29+,32+,34+/m0/s1. The monoisotopic (exact) mass is 648 g/mol. The highest BCUT2D eigenvalue weighted by Gasteiger charge is 2.61. The van der Waals surface area contributed by atoms with Gasteiger partial charge in [0.2, 0.25) is 11.8 Å². The Balaban J connectivity index is 1.63. The molecule has 0 bridgehead atoms. The summed E-state index contributed by atoms with van der Waals surface area (Å²) in [7, 11) is -2.14. The predicted molar refractivity (Wildman–Crippen MR) is 176 cm³/mol. The highest BCUT2D eigenvalue weighted by Crippen LogP contribution is 2.48. The van der Waals surface area contributed by atoms with Crippen LogP contribution in [0.25, 0.3) is 0 Å². The molecule has 1 spiro atoms. The van der Waals surface area contributed by atoms with Crippen molar-refractivity contribution in [2.45, 2.75) is 147 Å². The molecule has 0 aromatic carbocycles. The molecular weight excluding hydrogens is 592 g/mol. The second-order valence-electron chi connectivity index (χ2n) is 14.7. The number of rotatable bonds is 12. The Morgan fingerprint density at radius 3 is 2.38 bits per heavy atom. The van der Waals surface area contributed by atoms with Crippen LogP contribution in [0.15, 0.2) is 36.0 Å². The molecule has 3 rings (SSSR count). The molecule has 0 aromatic rings. The van der Waals surface area contributed by atoms with Crippen LogP contribution in [0.4, 0.5) is 0 Å². The van der Waals surface area contributed by atoms with Crippen molar-refractivity contribution in [3.63, 3.8) is 0 Å². The zero-order chi connectivity index (χ0) is 33.7. The van der Waals surface area contributed by atoms with E-state index in [-0.39, 0.29) is 65.8 Å². The van der Waals surface area contributed by atoms with Gasteiger partial charge >= 0.3 is 5.97 Å². The van der Waals surface area contributed by atoms with Gasteiger partial charge in [0.1, 0.15) is 23.9 Å². The lowest BCUT2D eigenvalue weighted by Gasteiger charge is -2.46.